The fraction of sp³-hybridized carbons (Fsp3) is 0.435. The van der Waals surface area contributed by atoms with Gasteiger partial charge in [0.05, 0.1) is 23.5 Å². The number of aryl methyl sites for hydroxylation is 1. The van der Waals surface area contributed by atoms with Crippen LogP contribution in [-0.2, 0) is 16.8 Å². The van der Waals surface area contributed by atoms with Crippen LogP contribution in [0.2, 0.25) is 0 Å². The minimum Gasteiger partial charge on any atom is -0.421 e. The van der Waals surface area contributed by atoms with E-state index in [0.717, 1.165) is 6.54 Å². The van der Waals surface area contributed by atoms with Gasteiger partial charge in [0.1, 0.15) is 0 Å². The summed E-state index contributed by atoms with van der Waals surface area (Å²) in [5.74, 6) is 0.859. The topological polar surface area (TPSA) is 95.7 Å². The van der Waals surface area contributed by atoms with Gasteiger partial charge in [-0.3, -0.25) is 14.2 Å². The van der Waals surface area contributed by atoms with Gasteiger partial charge in [-0.05, 0) is 44.7 Å². The molecule has 3 aromatic rings. The van der Waals surface area contributed by atoms with Gasteiger partial charge in [-0.2, -0.15) is 12.7 Å². The first-order valence-corrected chi connectivity index (χ1v) is 12.5. The Labute approximate surface area is 195 Å². The number of nitrogens with zero attached hydrogens (tertiary/aromatic N) is 6. The van der Waals surface area contributed by atoms with Crippen molar-refractivity contribution in [2.75, 3.05) is 23.9 Å². The van der Waals surface area contributed by atoms with Crippen LogP contribution >= 0.6 is 0 Å². The summed E-state index contributed by atoms with van der Waals surface area (Å²) in [5, 5.41) is 7.85. The lowest BCUT2D eigenvalue weighted by molar-refractivity contribution is 0.0827. The van der Waals surface area contributed by atoms with Gasteiger partial charge < -0.3 is 4.42 Å². The maximum atomic E-state index is 13.8. The van der Waals surface area contributed by atoms with Gasteiger partial charge in [-0.15, -0.1) is 10.2 Å². The van der Waals surface area contributed by atoms with Gasteiger partial charge >= 0.3 is 10.2 Å². The molecule has 0 N–H and O–H groups in total. The van der Waals surface area contributed by atoms with E-state index in [2.05, 4.69) is 40.9 Å². The Bertz CT molecular complexity index is 1150. The summed E-state index contributed by atoms with van der Waals surface area (Å²) >= 11 is 0. The lowest BCUT2D eigenvalue weighted by atomic mass is 10.1. The van der Waals surface area contributed by atoms with Crippen LogP contribution < -0.4 is 4.31 Å². The average Bonchev–Trinajstić information content (AvgIpc) is 3.24. The number of anilines is 1. The number of para-hydroxylation sites is 1. The molecule has 1 aromatic carbocycles. The zero-order valence-electron chi connectivity index (χ0n) is 19.4. The number of hydrogen-bond acceptors (Lipinski definition) is 7. The molecule has 4 rings (SSSR count). The number of piperazine rings is 1. The van der Waals surface area contributed by atoms with Crippen molar-refractivity contribution in [2.24, 2.45) is 0 Å². The van der Waals surface area contributed by atoms with Gasteiger partial charge in [0.2, 0.25) is 11.8 Å². The molecule has 1 fully saturated rings. The van der Waals surface area contributed by atoms with E-state index >= 15 is 0 Å². The molecular formula is C23H30N6O3S. The standard InChI is InChI=1S/C23H30N6O3S/c1-5-28-17(2)14-27(15-18(28)3)33(30,31)29(22-9-7-6-8-10-22)16-21-12-11-20(13-24-21)23-26-25-19(4)32-23/h6-13,17-18H,5,14-16H2,1-4H3/t17-,18+. The zero-order valence-corrected chi connectivity index (χ0v) is 20.2. The lowest BCUT2D eigenvalue weighted by Crippen LogP contribution is -2.60. The second kappa shape index (κ2) is 9.58. The van der Waals surface area contributed by atoms with Crippen LogP contribution in [0.4, 0.5) is 5.69 Å². The normalized spacial score (nSPS) is 20.1. The highest BCUT2D eigenvalue weighted by molar-refractivity contribution is 7.90. The highest BCUT2D eigenvalue weighted by atomic mass is 32.2. The van der Waals surface area contributed by atoms with Gasteiger partial charge in [-0.25, -0.2) is 0 Å². The van der Waals surface area contributed by atoms with Crippen LogP contribution in [0.5, 0.6) is 0 Å². The first-order valence-electron chi connectivity index (χ1n) is 11.1. The van der Waals surface area contributed by atoms with Crippen molar-refractivity contribution in [3.05, 3.63) is 60.2 Å². The molecule has 33 heavy (non-hydrogen) atoms. The van der Waals surface area contributed by atoms with Crippen molar-refractivity contribution in [3.8, 4) is 11.5 Å². The monoisotopic (exact) mass is 470 g/mol. The van der Waals surface area contributed by atoms with Crippen molar-refractivity contribution >= 4 is 15.9 Å². The number of rotatable bonds is 7. The second-order valence-electron chi connectivity index (χ2n) is 8.36. The number of hydrogen-bond donors (Lipinski definition) is 0. The summed E-state index contributed by atoms with van der Waals surface area (Å²) < 4.78 is 36.2. The van der Waals surface area contributed by atoms with E-state index < -0.39 is 10.2 Å². The maximum absolute atomic E-state index is 13.8. The zero-order chi connectivity index (χ0) is 23.6. The highest BCUT2D eigenvalue weighted by Crippen LogP contribution is 2.27. The molecule has 176 valence electrons. The predicted molar refractivity (Wildman–Crippen MR) is 127 cm³/mol. The Morgan fingerprint density at radius 1 is 1.06 bits per heavy atom. The SMILES string of the molecule is CCN1[C@H](C)CN(S(=O)(=O)N(Cc2ccc(-c3nnc(C)o3)cn2)c2ccccc2)C[C@@H]1C. The van der Waals surface area contributed by atoms with Gasteiger partial charge in [-0.1, -0.05) is 25.1 Å². The molecule has 0 bridgehead atoms. The Morgan fingerprint density at radius 3 is 2.30 bits per heavy atom. The Hall–Kier alpha value is -2.82. The first-order chi connectivity index (χ1) is 15.8. The predicted octanol–water partition coefficient (Wildman–Crippen LogP) is 3.11. The number of likely N-dealkylation sites (N-methyl/N-ethyl adjacent to an activating group) is 1. The molecule has 3 heterocycles. The molecule has 2 aromatic heterocycles. The molecule has 0 radical (unpaired) electrons. The van der Waals surface area contributed by atoms with Gasteiger partial charge in [0.15, 0.2) is 0 Å². The maximum Gasteiger partial charge on any atom is 0.304 e. The molecule has 0 amide bonds. The van der Waals surface area contributed by atoms with E-state index in [9.17, 15) is 8.42 Å². The fourth-order valence-electron chi connectivity index (χ4n) is 4.36. The van der Waals surface area contributed by atoms with Crippen molar-refractivity contribution in [3.63, 3.8) is 0 Å². The summed E-state index contributed by atoms with van der Waals surface area (Å²) in [4.78, 5) is 6.81. The summed E-state index contributed by atoms with van der Waals surface area (Å²) in [7, 11) is -3.77. The Balaban J connectivity index is 1.62. The van der Waals surface area contributed by atoms with E-state index in [1.807, 2.05) is 36.4 Å². The molecule has 9 nitrogen and oxygen atoms in total. The molecule has 0 unspecified atom stereocenters. The molecule has 1 aliphatic heterocycles. The van der Waals surface area contributed by atoms with Crippen molar-refractivity contribution in [2.45, 2.75) is 46.3 Å². The minimum atomic E-state index is -3.77. The smallest absolute Gasteiger partial charge is 0.304 e. The minimum absolute atomic E-state index is 0.117. The third-order valence-electron chi connectivity index (χ3n) is 5.99. The van der Waals surface area contributed by atoms with Crippen molar-refractivity contribution in [1.82, 2.24) is 24.4 Å². The molecule has 1 saturated heterocycles. The van der Waals surface area contributed by atoms with Crippen molar-refractivity contribution in [1.29, 1.82) is 0 Å². The molecule has 2 atom stereocenters. The van der Waals surface area contributed by atoms with Gasteiger partial charge in [0, 0.05) is 38.3 Å². The fourth-order valence-corrected chi connectivity index (χ4v) is 6.13. The highest BCUT2D eigenvalue weighted by Gasteiger charge is 2.38. The van der Waals surface area contributed by atoms with Crippen LogP contribution in [0.1, 0.15) is 32.4 Å². The number of benzene rings is 1. The van der Waals surface area contributed by atoms with Crippen LogP contribution in [0.15, 0.2) is 53.1 Å². The largest absolute Gasteiger partial charge is 0.421 e. The average molecular weight is 471 g/mol. The molecule has 0 saturated carbocycles. The molecule has 10 heteroatoms. The third kappa shape index (κ3) is 4.92. The summed E-state index contributed by atoms with van der Waals surface area (Å²) in [6.07, 6.45) is 1.63. The summed E-state index contributed by atoms with van der Waals surface area (Å²) in [6.45, 7) is 9.91. The van der Waals surface area contributed by atoms with E-state index in [4.69, 9.17) is 4.42 Å². The van der Waals surface area contributed by atoms with Crippen LogP contribution in [0.25, 0.3) is 11.5 Å². The Kier molecular flexibility index (Phi) is 6.78. The molecule has 1 aliphatic rings. The third-order valence-corrected chi connectivity index (χ3v) is 7.83. The van der Waals surface area contributed by atoms with Crippen LogP contribution in [0.3, 0.4) is 0 Å². The molecule has 0 aliphatic carbocycles. The van der Waals surface area contributed by atoms with Gasteiger partial charge in [0.25, 0.3) is 0 Å². The van der Waals surface area contributed by atoms with E-state index in [-0.39, 0.29) is 18.6 Å². The van der Waals surface area contributed by atoms with E-state index in [0.29, 0.717) is 41.8 Å². The summed E-state index contributed by atoms with van der Waals surface area (Å²) in [6, 6.07) is 13.1. The number of aromatic nitrogens is 3. The van der Waals surface area contributed by atoms with E-state index in [1.165, 1.54) is 4.31 Å². The first kappa shape index (κ1) is 23.3. The van der Waals surface area contributed by atoms with E-state index in [1.54, 1.807) is 23.5 Å². The van der Waals surface area contributed by atoms with Crippen LogP contribution in [-0.4, -0.2) is 64.5 Å². The Morgan fingerprint density at radius 2 is 1.76 bits per heavy atom. The lowest BCUT2D eigenvalue weighted by Gasteiger charge is -2.44. The quantitative estimate of drug-likeness (QED) is 0.523. The van der Waals surface area contributed by atoms with Crippen LogP contribution in [0, 0.1) is 6.92 Å². The molecule has 0 spiro atoms. The van der Waals surface area contributed by atoms with Crippen molar-refractivity contribution < 1.29 is 12.8 Å². The second-order valence-corrected chi connectivity index (χ2v) is 10.2. The number of pyridine rings is 1. The summed E-state index contributed by atoms with van der Waals surface area (Å²) in [5.41, 5.74) is 1.91. The molecular weight excluding hydrogens is 440 g/mol.